The van der Waals surface area contributed by atoms with Crippen LogP contribution in [0, 0.1) is 0 Å². The van der Waals surface area contributed by atoms with Crippen LogP contribution in [0.15, 0.2) is 38.2 Å². The molecule has 0 aliphatic heterocycles. The molecule has 8 heteroatoms. The van der Waals surface area contributed by atoms with Crippen molar-refractivity contribution in [3.8, 4) is 17.2 Å². The number of carboxylic acids is 1. The standard InChI is InChI=1S/C15H11Br2NO5/c1-23-12-5-10(16)13(17)9(14(12)20)6-18-7-2-3-8(15(21)22)11(19)4-7/h2-6,19-20H,1H3,(H,21,22). The Morgan fingerprint density at radius 3 is 2.52 bits per heavy atom. The molecule has 2 aromatic rings. The van der Waals surface area contributed by atoms with Gasteiger partial charge in [0.25, 0.3) is 0 Å². The molecule has 6 nitrogen and oxygen atoms in total. The third-order valence-corrected chi connectivity index (χ3v) is 4.98. The quantitative estimate of drug-likeness (QED) is 0.617. The molecule has 0 aliphatic carbocycles. The van der Waals surface area contributed by atoms with Crippen LogP contribution in [0.3, 0.4) is 0 Å². The number of rotatable bonds is 4. The van der Waals surface area contributed by atoms with Gasteiger partial charge in [-0.1, -0.05) is 0 Å². The van der Waals surface area contributed by atoms with Gasteiger partial charge in [0.15, 0.2) is 11.5 Å². The van der Waals surface area contributed by atoms with Gasteiger partial charge in [0.1, 0.15) is 11.3 Å². The molecule has 23 heavy (non-hydrogen) atoms. The van der Waals surface area contributed by atoms with Gasteiger partial charge < -0.3 is 20.1 Å². The monoisotopic (exact) mass is 443 g/mol. The summed E-state index contributed by atoms with van der Waals surface area (Å²) in [5.74, 6) is -1.44. The number of aromatic carboxylic acids is 1. The number of halogens is 2. The number of phenolic OH excluding ortho intramolecular Hbond substituents is 1. The Balaban J connectivity index is 2.43. The van der Waals surface area contributed by atoms with Gasteiger partial charge in [-0.3, -0.25) is 4.99 Å². The molecule has 0 spiro atoms. The molecule has 3 N–H and O–H groups in total. The summed E-state index contributed by atoms with van der Waals surface area (Å²) < 4.78 is 6.31. The average Bonchev–Trinajstić information content (AvgIpc) is 2.50. The van der Waals surface area contributed by atoms with E-state index in [1.165, 1.54) is 31.5 Å². The molecule has 0 aromatic heterocycles. The van der Waals surface area contributed by atoms with Crippen LogP contribution >= 0.6 is 31.9 Å². The number of nitrogens with zero attached hydrogens (tertiary/aromatic N) is 1. The predicted octanol–water partition coefficient (Wildman–Crippen LogP) is 4.08. The van der Waals surface area contributed by atoms with Crippen molar-refractivity contribution in [2.45, 2.75) is 0 Å². The van der Waals surface area contributed by atoms with Crippen LogP contribution in [0.4, 0.5) is 5.69 Å². The molecular formula is C15H11Br2NO5. The van der Waals surface area contributed by atoms with Crippen LogP contribution in [0.5, 0.6) is 17.2 Å². The van der Waals surface area contributed by atoms with Gasteiger partial charge in [0, 0.05) is 21.2 Å². The highest BCUT2D eigenvalue weighted by Gasteiger charge is 2.14. The maximum atomic E-state index is 10.9. The molecular weight excluding hydrogens is 434 g/mol. The zero-order valence-corrected chi connectivity index (χ0v) is 14.9. The Labute approximate surface area is 148 Å². The van der Waals surface area contributed by atoms with Crippen LogP contribution in [-0.4, -0.2) is 34.6 Å². The molecule has 2 aromatic carbocycles. The molecule has 0 unspecified atom stereocenters. The summed E-state index contributed by atoms with van der Waals surface area (Å²) in [5, 5.41) is 28.7. The topological polar surface area (TPSA) is 99.4 Å². The number of carboxylic acid groups (broad SMARTS) is 1. The lowest BCUT2D eigenvalue weighted by Gasteiger charge is -2.09. The second kappa shape index (κ2) is 7.01. The van der Waals surface area contributed by atoms with Crippen LogP contribution in [0.1, 0.15) is 15.9 Å². The van der Waals surface area contributed by atoms with E-state index in [-0.39, 0.29) is 22.8 Å². The first-order chi connectivity index (χ1) is 10.8. The Kier molecular flexibility index (Phi) is 5.27. The normalized spacial score (nSPS) is 10.9. The second-order valence-electron chi connectivity index (χ2n) is 4.40. The van der Waals surface area contributed by atoms with Gasteiger partial charge in [0.2, 0.25) is 0 Å². The van der Waals surface area contributed by atoms with Crippen LogP contribution in [0.25, 0.3) is 0 Å². The number of hydrogen-bond donors (Lipinski definition) is 3. The minimum Gasteiger partial charge on any atom is -0.507 e. The lowest BCUT2D eigenvalue weighted by atomic mass is 10.1. The van der Waals surface area contributed by atoms with Crippen molar-refractivity contribution in [2.24, 2.45) is 4.99 Å². The third kappa shape index (κ3) is 3.65. The number of phenols is 2. The van der Waals surface area contributed by atoms with E-state index >= 15 is 0 Å². The van der Waals surface area contributed by atoms with E-state index in [4.69, 9.17) is 9.84 Å². The minimum absolute atomic E-state index is 0.0993. The molecule has 120 valence electrons. The van der Waals surface area contributed by atoms with Crippen LogP contribution < -0.4 is 4.74 Å². The number of aromatic hydroxyl groups is 2. The Bertz CT molecular complexity index is 805. The second-order valence-corrected chi connectivity index (χ2v) is 6.05. The molecule has 0 fully saturated rings. The first-order valence-corrected chi connectivity index (χ1v) is 7.79. The summed E-state index contributed by atoms with van der Waals surface area (Å²) in [6.07, 6.45) is 1.38. The summed E-state index contributed by atoms with van der Waals surface area (Å²) in [4.78, 5) is 15.0. The summed E-state index contributed by atoms with van der Waals surface area (Å²) in [5.41, 5.74) is 0.493. The fraction of sp³-hybridized carbons (Fsp3) is 0.0667. The van der Waals surface area contributed by atoms with Gasteiger partial charge >= 0.3 is 5.97 Å². The average molecular weight is 445 g/mol. The highest BCUT2D eigenvalue weighted by molar-refractivity contribution is 9.13. The zero-order valence-electron chi connectivity index (χ0n) is 11.7. The number of benzene rings is 2. The number of hydrogen-bond acceptors (Lipinski definition) is 5. The molecule has 0 heterocycles. The van der Waals surface area contributed by atoms with Gasteiger partial charge in [-0.15, -0.1) is 0 Å². The number of methoxy groups -OCH3 is 1. The smallest absolute Gasteiger partial charge is 0.339 e. The Morgan fingerprint density at radius 1 is 1.26 bits per heavy atom. The van der Waals surface area contributed by atoms with E-state index in [1.807, 2.05) is 0 Å². The molecule has 0 saturated heterocycles. The van der Waals surface area contributed by atoms with Crippen LogP contribution in [-0.2, 0) is 0 Å². The summed E-state index contributed by atoms with van der Waals surface area (Å²) in [6.45, 7) is 0. The van der Waals surface area contributed by atoms with Crippen molar-refractivity contribution in [2.75, 3.05) is 7.11 Å². The molecule has 2 rings (SSSR count). The molecule has 0 saturated carbocycles. The SMILES string of the molecule is COc1cc(Br)c(Br)c(C=Nc2ccc(C(=O)O)c(O)c2)c1O. The molecule has 0 amide bonds. The first kappa shape index (κ1) is 17.3. The Morgan fingerprint density at radius 2 is 1.96 bits per heavy atom. The van der Waals surface area contributed by atoms with Gasteiger partial charge in [-0.2, -0.15) is 0 Å². The fourth-order valence-corrected chi connectivity index (χ4v) is 2.63. The molecule has 0 radical (unpaired) electrons. The summed E-state index contributed by atoms with van der Waals surface area (Å²) >= 11 is 6.66. The van der Waals surface area contributed by atoms with Crippen molar-refractivity contribution < 1.29 is 24.9 Å². The van der Waals surface area contributed by atoms with Crippen LogP contribution in [0.2, 0.25) is 0 Å². The van der Waals surface area contributed by atoms with Gasteiger partial charge in [-0.25, -0.2) is 4.79 Å². The number of aliphatic imine (C=N–C) groups is 1. The number of carbonyl (C=O) groups is 1. The minimum atomic E-state index is -1.23. The maximum absolute atomic E-state index is 10.9. The summed E-state index contributed by atoms with van der Waals surface area (Å²) in [7, 11) is 1.43. The van der Waals surface area contributed by atoms with Crippen molar-refractivity contribution in [3.63, 3.8) is 0 Å². The van der Waals surface area contributed by atoms with Gasteiger partial charge in [0.05, 0.1) is 18.4 Å². The molecule has 0 bridgehead atoms. The first-order valence-electron chi connectivity index (χ1n) is 6.20. The summed E-state index contributed by atoms with van der Waals surface area (Å²) in [6, 6.07) is 5.52. The maximum Gasteiger partial charge on any atom is 0.339 e. The zero-order chi connectivity index (χ0) is 17.1. The van der Waals surface area contributed by atoms with E-state index in [0.717, 1.165) is 0 Å². The number of ether oxygens (including phenoxy) is 1. The predicted molar refractivity (Wildman–Crippen MR) is 92.4 cm³/mol. The van der Waals surface area contributed by atoms with E-state index in [1.54, 1.807) is 6.07 Å². The highest BCUT2D eigenvalue weighted by atomic mass is 79.9. The molecule has 0 aliphatic rings. The fourth-order valence-electron chi connectivity index (χ4n) is 1.81. The van der Waals surface area contributed by atoms with Crippen molar-refractivity contribution in [1.82, 2.24) is 0 Å². The largest absolute Gasteiger partial charge is 0.507 e. The van der Waals surface area contributed by atoms with Crippen molar-refractivity contribution in [3.05, 3.63) is 44.3 Å². The van der Waals surface area contributed by atoms with Crippen molar-refractivity contribution >= 4 is 49.7 Å². The van der Waals surface area contributed by atoms with Gasteiger partial charge in [-0.05, 0) is 50.1 Å². The Hall–Kier alpha value is -2.06. The lowest BCUT2D eigenvalue weighted by molar-refractivity contribution is 0.0694. The van der Waals surface area contributed by atoms with Crippen molar-refractivity contribution in [1.29, 1.82) is 0 Å². The molecule has 0 atom stereocenters. The van der Waals surface area contributed by atoms with E-state index in [2.05, 4.69) is 36.9 Å². The van der Waals surface area contributed by atoms with E-state index in [9.17, 15) is 15.0 Å². The highest BCUT2D eigenvalue weighted by Crippen LogP contribution is 2.39. The van der Waals surface area contributed by atoms with E-state index < -0.39 is 5.97 Å². The van der Waals surface area contributed by atoms with E-state index in [0.29, 0.717) is 20.2 Å². The third-order valence-electron chi connectivity index (χ3n) is 2.97. The lowest BCUT2D eigenvalue weighted by Crippen LogP contribution is -1.95.